The summed E-state index contributed by atoms with van der Waals surface area (Å²) in [5, 5.41) is 5.38. The highest BCUT2D eigenvalue weighted by Gasteiger charge is 2.52. The molecule has 7 nitrogen and oxygen atoms in total. The van der Waals surface area contributed by atoms with Crippen molar-refractivity contribution in [1.29, 1.82) is 0 Å². The van der Waals surface area contributed by atoms with Gasteiger partial charge < -0.3 is 15.4 Å². The molecule has 0 bridgehead atoms. The van der Waals surface area contributed by atoms with E-state index >= 15 is 0 Å². The van der Waals surface area contributed by atoms with Gasteiger partial charge in [-0.05, 0) is 36.6 Å². The first kappa shape index (κ1) is 14.1. The van der Waals surface area contributed by atoms with Crippen LogP contribution >= 0.6 is 11.6 Å². The van der Waals surface area contributed by atoms with Gasteiger partial charge >= 0.3 is 0 Å². The monoisotopic (exact) mass is 335 g/mol. The second kappa shape index (κ2) is 5.02. The molecule has 0 saturated heterocycles. The lowest BCUT2D eigenvalue weighted by Gasteiger charge is -2.10. The molecule has 1 aliphatic heterocycles. The van der Waals surface area contributed by atoms with Gasteiger partial charge in [0.25, 0.3) is 0 Å². The Morgan fingerprint density at radius 1 is 1.35 bits per heavy atom. The number of rotatable bonds is 2. The van der Waals surface area contributed by atoms with Crippen LogP contribution in [0.5, 0.6) is 5.75 Å². The van der Waals surface area contributed by atoms with E-state index in [4.69, 9.17) is 16.3 Å². The Labute approximate surface area is 135 Å². The van der Waals surface area contributed by atoms with Crippen molar-refractivity contribution < 1.29 is 13.9 Å². The smallest absolute Gasteiger partial charge is 0.235 e. The van der Waals surface area contributed by atoms with Gasteiger partial charge in [0.2, 0.25) is 11.2 Å². The highest BCUT2D eigenvalue weighted by Crippen LogP contribution is 2.49. The van der Waals surface area contributed by atoms with E-state index < -0.39 is 11.2 Å². The molecule has 2 N–H and O–H groups in total. The van der Waals surface area contributed by atoms with Crippen LogP contribution in [0.1, 0.15) is 12.8 Å². The van der Waals surface area contributed by atoms with Gasteiger partial charge in [0, 0.05) is 0 Å². The normalized spacial score (nSPS) is 17.7. The van der Waals surface area contributed by atoms with Crippen molar-refractivity contribution in [1.82, 2.24) is 15.0 Å². The first-order valence-electron chi connectivity index (χ1n) is 6.96. The number of nitrogens with one attached hydrogen (secondary N) is 2. The number of pyridine rings is 1. The predicted molar refractivity (Wildman–Crippen MR) is 80.3 cm³/mol. The van der Waals surface area contributed by atoms with Crippen LogP contribution in [0.3, 0.4) is 0 Å². The number of hydrogen-bond acceptors (Lipinski definition) is 6. The van der Waals surface area contributed by atoms with Crippen LogP contribution in [0, 0.1) is 11.2 Å². The van der Waals surface area contributed by atoms with Crippen LogP contribution < -0.4 is 15.4 Å². The summed E-state index contributed by atoms with van der Waals surface area (Å²) in [5.41, 5.74) is -0.430. The largest absolute Gasteiger partial charge is 0.489 e. The molecule has 118 valence electrons. The number of carbonyl (C=O) groups excluding carboxylic acids is 1. The van der Waals surface area contributed by atoms with Gasteiger partial charge in [-0.25, -0.2) is 14.4 Å². The maximum Gasteiger partial charge on any atom is 0.235 e. The highest BCUT2D eigenvalue weighted by molar-refractivity contribution is 6.28. The van der Waals surface area contributed by atoms with Crippen LogP contribution in [0.4, 0.5) is 21.8 Å². The van der Waals surface area contributed by atoms with E-state index in [0.29, 0.717) is 24.0 Å². The molecule has 1 saturated carbocycles. The molecular weight excluding hydrogens is 325 g/mol. The summed E-state index contributed by atoms with van der Waals surface area (Å²) in [6, 6.07) is 3.26. The summed E-state index contributed by atoms with van der Waals surface area (Å²) in [6.07, 6.45) is 2.58. The average molecular weight is 336 g/mol. The van der Waals surface area contributed by atoms with Gasteiger partial charge in [0.05, 0.1) is 11.6 Å². The molecule has 4 rings (SSSR count). The number of hydrogen-bond donors (Lipinski definition) is 2. The zero-order valence-corrected chi connectivity index (χ0v) is 12.5. The van der Waals surface area contributed by atoms with Gasteiger partial charge in [-0.15, -0.1) is 0 Å². The SMILES string of the molecule is O=C1Nc2nc(Nc3nc(Cl)ncc3F)ccc2OCC12CC2. The third kappa shape index (κ3) is 2.55. The molecule has 1 spiro atoms. The summed E-state index contributed by atoms with van der Waals surface area (Å²) < 4.78 is 19.3. The number of nitrogens with zero attached hydrogens (tertiary/aromatic N) is 3. The Balaban J connectivity index is 1.62. The highest BCUT2D eigenvalue weighted by atomic mass is 35.5. The zero-order valence-electron chi connectivity index (χ0n) is 11.8. The van der Waals surface area contributed by atoms with E-state index in [1.54, 1.807) is 12.1 Å². The lowest BCUT2D eigenvalue weighted by molar-refractivity contribution is -0.121. The maximum absolute atomic E-state index is 13.7. The number of halogens is 2. The van der Waals surface area contributed by atoms with Gasteiger partial charge in [-0.3, -0.25) is 4.79 Å². The molecule has 1 aliphatic carbocycles. The summed E-state index contributed by atoms with van der Waals surface area (Å²) in [7, 11) is 0. The molecule has 1 fully saturated rings. The molecule has 9 heteroatoms. The van der Waals surface area contributed by atoms with Crippen LogP contribution in [0.25, 0.3) is 0 Å². The van der Waals surface area contributed by atoms with Crippen LogP contribution in [-0.4, -0.2) is 27.5 Å². The third-order valence-corrected chi connectivity index (χ3v) is 4.07. The van der Waals surface area contributed by atoms with Crippen LogP contribution in [-0.2, 0) is 4.79 Å². The predicted octanol–water partition coefficient (Wildman–Crippen LogP) is 2.52. The molecule has 2 aromatic rings. The van der Waals surface area contributed by atoms with Crippen LogP contribution in [0.2, 0.25) is 5.28 Å². The van der Waals surface area contributed by atoms with E-state index in [2.05, 4.69) is 25.6 Å². The van der Waals surface area contributed by atoms with E-state index in [1.165, 1.54) is 0 Å². The lowest BCUT2D eigenvalue weighted by atomic mass is 10.1. The second-order valence-corrected chi connectivity index (χ2v) is 5.87. The fourth-order valence-corrected chi connectivity index (χ4v) is 2.45. The first-order valence-corrected chi connectivity index (χ1v) is 7.34. The maximum atomic E-state index is 13.7. The van der Waals surface area contributed by atoms with Crippen molar-refractivity contribution in [2.45, 2.75) is 12.8 Å². The molecule has 0 aromatic carbocycles. The molecule has 1 amide bonds. The van der Waals surface area contributed by atoms with Crippen molar-refractivity contribution in [2.75, 3.05) is 17.2 Å². The van der Waals surface area contributed by atoms with Crippen molar-refractivity contribution in [2.24, 2.45) is 5.41 Å². The van der Waals surface area contributed by atoms with Crippen molar-refractivity contribution in [3.8, 4) is 5.75 Å². The van der Waals surface area contributed by atoms with E-state index in [-0.39, 0.29) is 17.0 Å². The number of fused-ring (bicyclic) bond motifs is 1. The number of carbonyl (C=O) groups is 1. The Morgan fingerprint density at radius 3 is 2.96 bits per heavy atom. The van der Waals surface area contributed by atoms with Gasteiger partial charge in [-0.2, -0.15) is 4.98 Å². The van der Waals surface area contributed by atoms with E-state index in [1.807, 2.05) is 0 Å². The third-order valence-electron chi connectivity index (χ3n) is 3.89. The molecule has 0 radical (unpaired) electrons. The minimum Gasteiger partial charge on any atom is -0.489 e. The second-order valence-electron chi connectivity index (χ2n) is 5.53. The van der Waals surface area contributed by atoms with Crippen molar-refractivity contribution in [3.05, 3.63) is 29.4 Å². The molecule has 0 atom stereocenters. The number of aromatic nitrogens is 3. The fourth-order valence-electron chi connectivity index (χ4n) is 2.32. The fraction of sp³-hybridized carbons (Fsp3) is 0.286. The topological polar surface area (TPSA) is 89.0 Å². The first-order chi connectivity index (χ1) is 11.1. The Hall–Kier alpha value is -2.48. The van der Waals surface area contributed by atoms with E-state index in [9.17, 15) is 9.18 Å². The summed E-state index contributed by atoms with van der Waals surface area (Å²) >= 11 is 5.65. The number of ether oxygens (including phenoxy) is 1. The number of amides is 1. The van der Waals surface area contributed by atoms with Gasteiger partial charge in [0.1, 0.15) is 12.4 Å². The minimum absolute atomic E-state index is 0.0871. The van der Waals surface area contributed by atoms with Gasteiger partial charge in [0.15, 0.2) is 23.2 Å². The van der Waals surface area contributed by atoms with Crippen LogP contribution in [0.15, 0.2) is 18.3 Å². The summed E-state index contributed by atoms with van der Waals surface area (Å²) in [4.78, 5) is 23.7. The minimum atomic E-state index is -0.664. The molecule has 0 unspecified atom stereocenters. The number of anilines is 3. The van der Waals surface area contributed by atoms with E-state index in [0.717, 1.165) is 19.0 Å². The zero-order chi connectivity index (χ0) is 16.0. The average Bonchev–Trinajstić information content (AvgIpc) is 3.32. The quantitative estimate of drug-likeness (QED) is 0.820. The summed E-state index contributed by atoms with van der Waals surface area (Å²) in [6.45, 7) is 0.344. The Morgan fingerprint density at radius 2 is 2.17 bits per heavy atom. The lowest BCUT2D eigenvalue weighted by Crippen LogP contribution is -2.26. The molecule has 2 aromatic heterocycles. The Kier molecular flexibility index (Phi) is 3.08. The van der Waals surface area contributed by atoms with Crippen molar-refractivity contribution in [3.63, 3.8) is 0 Å². The van der Waals surface area contributed by atoms with Gasteiger partial charge in [-0.1, -0.05) is 0 Å². The Bertz CT molecular complexity index is 812. The molecule has 2 aliphatic rings. The van der Waals surface area contributed by atoms with Crippen molar-refractivity contribution >= 4 is 35.0 Å². The molecule has 3 heterocycles. The molecular formula is C14H11ClFN5O2. The molecule has 23 heavy (non-hydrogen) atoms. The summed E-state index contributed by atoms with van der Waals surface area (Å²) in [5.74, 6) is 0.212. The standard InChI is InChI=1S/C14H11ClFN5O2/c15-13-17-5-7(16)10(21-13)18-9-2-1-8-11(19-9)20-12(22)14(3-4-14)6-23-8/h1-2,5H,3-4,6H2,(H2,17,18,19,20,21,22).